The predicted octanol–water partition coefficient (Wildman–Crippen LogP) is 0.540. The van der Waals surface area contributed by atoms with Crippen LogP contribution in [0.15, 0.2) is 18.3 Å². The molecule has 6 nitrogen and oxygen atoms in total. The van der Waals surface area contributed by atoms with Crippen molar-refractivity contribution in [3.8, 4) is 0 Å². The summed E-state index contributed by atoms with van der Waals surface area (Å²) in [7, 11) is 0. The van der Waals surface area contributed by atoms with Crippen molar-refractivity contribution in [1.29, 1.82) is 0 Å². The number of carbonyl (C=O) groups excluding carboxylic acids is 1. The summed E-state index contributed by atoms with van der Waals surface area (Å²) >= 11 is 0. The molecular formula is C15H21FN4O2. The number of nitrogens with one attached hydrogen (secondary N) is 2. The van der Waals surface area contributed by atoms with Crippen LogP contribution in [-0.4, -0.2) is 54.5 Å². The summed E-state index contributed by atoms with van der Waals surface area (Å²) < 4.78 is 12.4. The average molecular weight is 308 g/mol. The van der Waals surface area contributed by atoms with E-state index in [0.717, 1.165) is 31.9 Å². The minimum atomic E-state index is -1.45. The molecule has 1 aromatic rings. The minimum Gasteiger partial charge on any atom is -0.380 e. The van der Waals surface area contributed by atoms with E-state index in [0.29, 0.717) is 5.82 Å². The molecule has 120 valence electrons. The van der Waals surface area contributed by atoms with Crippen LogP contribution in [0.4, 0.5) is 15.9 Å². The largest absolute Gasteiger partial charge is 0.380 e. The van der Waals surface area contributed by atoms with Gasteiger partial charge in [-0.15, -0.1) is 0 Å². The first-order valence-electron chi connectivity index (χ1n) is 7.62. The number of hydrogen-bond acceptors (Lipinski definition) is 5. The van der Waals surface area contributed by atoms with Gasteiger partial charge in [-0.25, -0.2) is 4.98 Å². The molecule has 0 atom stereocenters. The second-order valence-corrected chi connectivity index (χ2v) is 6.05. The van der Waals surface area contributed by atoms with Crippen LogP contribution < -0.4 is 15.5 Å². The van der Waals surface area contributed by atoms with Crippen LogP contribution in [0.3, 0.4) is 0 Å². The smallest absolute Gasteiger partial charge is 0.257 e. The third-order valence-electron chi connectivity index (χ3n) is 4.37. The van der Waals surface area contributed by atoms with Gasteiger partial charge >= 0.3 is 0 Å². The van der Waals surface area contributed by atoms with Gasteiger partial charge in [-0.2, -0.15) is 0 Å². The zero-order valence-electron chi connectivity index (χ0n) is 12.4. The Bertz CT molecular complexity index is 525. The van der Waals surface area contributed by atoms with Crippen molar-refractivity contribution in [3.05, 3.63) is 18.3 Å². The Labute approximate surface area is 128 Å². The number of hydrogen-bond donors (Lipinski definition) is 3. The molecule has 0 spiro atoms. The van der Waals surface area contributed by atoms with Gasteiger partial charge in [-0.05, 0) is 30.9 Å². The Morgan fingerprint density at radius 2 is 2.18 bits per heavy atom. The molecule has 3 rings (SSSR count). The summed E-state index contributed by atoms with van der Waals surface area (Å²) in [6.45, 7) is 3.26. The van der Waals surface area contributed by atoms with Crippen molar-refractivity contribution in [2.75, 3.05) is 43.1 Å². The van der Waals surface area contributed by atoms with Crippen molar-refractivity contribution in [2.45, 2.75) is 18.4 Å². The number of aromatic nitrogens is 1. The van der Waals surface area contributed by atoms with Crippen molar-refractivity contribution in [1.82, 2.24) is 10.3 Å². The lowest BCUT2D eigenvalue weighted by Gasteiger charge is -2.40. The molecular weight excluding hydrogens is 287 g/mol. The highest BCUT2D eigenvalue weighted by atomic mass is 19.1. The number of nitrogens with zero attached hydrogens (tertiary/aromatic N) is 2. The molecule has 1 amide bonds. The number of carbonyl (C=O) groups is 1. The van der Waals surface area contributed by atoms with Crippen LogP contribution in [0.5, 0.6) is 0 Å². The summed E-state index contributed by atoms with van der Waals surface area (Å²) in [6, 6.07) is 3.63. The highest BCUT2D eigenvalue weighted by molar-refractivity contribution is 5.97. The van der Waals surface area contributed by atoms with Crippen molar-refractivity contribution >= 4 is 17.4 Å². The van der Waals surface area contributed by atoms with Crippen LogP contribution in [0.25, 0.3) is 0 Å². The van der Waals surface area contributed by atoms with Gasteiger partial charge in [0.2, 0.25) is 0 Å². The summed E-state index contributed by atoms with van der Waals surface area (Å²) in [4.78, 5) is 18.5. The second kappa shape index (κ2) is 6.18. The van der Waals surface area contributed by atoms with Gasteiger partial charge < -0.3 is 20.6 Å². The molecule has 1 aliphatic carbocycles. The standard InChI is InChI=1S/C15H21FN4O2/c16-9-11-7-15(22,8-11)14(21)19-13-2-1-12(10-18-13)20-5-3-17-4-6-20/h1-2,10-11,17,22H,3-9H2,(H,18,19,21). The molecule has 0 radical (unpaired) electrons. The highest BCUT2D eigenvalue weighted by Gasteiger charge is 2.48. The van der Waals surface area contributed by atoms with Crippen molar-refractivity contribution in [3.63, 3.8) is 0 Å². The lowest BCUT2D eigenvalue weighted by molar-refractivity contribution is -0.150. The summed E-state index contributed by atoms with van der Waals surface area (Å²) in [5, 5.41) is 16.0. The fourth-order valence-electron chi connectivity index (χ4n) is 2.99. The molecule has 2 aliphatic rings. The zero-order valence-corrected chi connectivity index (χ0v) is 12.4. The Kier molecular flexibility index (Phi) is 4.26. The lowest BCUT2D eigenvalue weighted by Crippen LogP contribution is -2.53. The van der Waals surface area contributed by atoms with Crippen LogP contribution in [0.2, 0.25) is 0 Å². The number of alkyl halides is 1. The molecule has 1 aliphatic heterocycles. The Morgan fingerprint density at radius 1 is 1.45 bits per heavy atom. The van der Waals surface area contributed by atoms with E-state index in [2.05, 4.69) is 20.5 Å². The van der Waals surface area contributed by atoms with E-state index in [9.17, 15) is 14.3 Å². The zero-order chi connectivity index (χ0) is 15.6. The number of anilines is 2. The van der Waals surface area contributed by atoms with E-state index in [1.54, 1.807) is 12.3 Å². The van der Waals surface area contributed by atoms with Crippen LogP contribution >= 0.6 is 0 Å². The number of halogens is 1. The number of piperazine rings is 1. The summed E-state index contributed by atoms with van der Waals surface area (Å²) in [6.07, 6.45) is 2.07. The molecule has 3 N–H and O–H groups in total. The van der Waals surface area contributed by atoms with E-state index in [1.807, 2.05) is 6.07 Å². The minimum absolute atomic E-state index is 0.175. The fourth-order valence-corrected chi connectivity index (χ4v) is 2.99. The van der Waals surface area contributed by atoms with Crippen LogP contribution in [0.1, 0.15) is 12.8 Å². The maximum absolute atomic E-state index is 12.4. The first kappa shape index (κ1) is 15.2. The Balaban J connectivity index is 1.58. The van der Waals surface area contributed by atoms with Gasteiger partial charge in [-0.1, -0.05) is 0 Å². The van der Waals surface area contributed by atoms with Crippen molar-refractivity contribution < 1.29 is 14.3 Å². The van der Waals surface area contributed by atoms with Crippen molar-refractivity contribution in [2.24, 2.45) is 5.92 Å². The monoisotopic (exact) mass is 308 g/mol. The molecule has 1 aromatic heterocycles. The van der Waals surface area contributed by atoms with E-state index in [-0.39, 0.29) is 18.8 Å². The number of aliphatic hydroxyl groups is 1. The first-order valence-corrected chi connectivity index (χ1v) is 7.62. The first-order chi connectivity index (χ1) is 10.6. The fraction of sp³-hybridized carbons (Fsp3) is 0.600. The molecule has 1 saturated heterocycles. The third kappa shape index (κ3) is 3.05. The number of rotatable bonds is 4. The molecule has 0 unspecified atom stereocenters. The SMILES string of the molecule is O=C(Nc1ccc(N2CCNCC2)cn1)C1(O)CC(CF)C1. The van der Waals surface area contributed by atoms with Gasteiger partial charge in [-0.3, -0.25) is 9.18 Å². The van der Waals surface area contributed by atoms with Gasteiger partial charge in [0.05, 0.1) is 18.6 Å². The topological polar surface area (TPSA) is 77.5 Å². The van der Waals surface area contributed by atoms with Gasteiger partial charge in [0.1, 0.15) is 11.4 Å². The van der Waals surface area contributed by atoms with E-state index >= 15 is 0 Å². The average Bonchev–Trinajstić information content (AvgIpc) is 2.53. The van der Waals surface area contributed by atoms with Crippen LogP contribution in [-0.2, 0) is 4.79 Å². The van der Waals surface area contributed by atoms with Gasteiger partial charge in [0.15, 0.2) is 0 Å². The molecule has 22 heavy (non-hydrogen) atoms. The third-order valence-corrected chi connectivity index (χ3v) is 4.37. The predicted molar refractivity (Wildman–Crippen MR) is 81.6 cm³/mol. The van der Waals surface area contributed by atoms with E-state index < -0.39 is 18.2 Å². The molecule has 2 fully saturated rings. The molecule has 0 aromatic carbocycles. The maximum atomic E-state index is 12.4. The summed E-state index contributed by atoms with van der Waals surface area (Å²) in [5.41, 5.74) is -0.435. The van der Waals surface area contributed by atoms with Gasteiger partial charge in [0.25, 0.3) is 5.91 Å². The van der Waals surface area contributed by atoms with Gasteiger partial charge in [0, 0.05) is 26.2 Å². The highest BCUT2D eigenvalue weighted by Crippen LogP contribution is 2.38. The van der Waals surface area contributed by atoms with E-state index in [1.165, 1.54) is 0 Å². The number of pyridine rings is 1. The molecule has 0 bridgehead atoms. The summed E-state index contributed by atoms with van der Waals surface area (Å²) in [5.74, 6) is -0.306. The second-order valence-electron chi connectivity index (χ2n) is 6.05. The lowest BCUT2D eigenvalue weighted by atomic mass is 9.71. The maximum Gasteiger partial charge on any atom is 0.257 e. The Morgan fingerprint density at radius 3 is 2.77 bits per heavy atom. The van der Waals surface area contributed by atoms with E-state index in [4.69, 9.17) is 0 Å². The quantitative estimate of drug-likeness (QED) is 0.757. The molecule has 2 heterocycles. The molecule has 7 heteroatoms. The van der Waals surface area contributed by atoms with Crippen LogP contribution in [0, 0.1) is 5.92 Å². The Hall–Kier alpha value is -1.73. The molecule has 1 saturated carbocycles. The normalized spacial score (nSPS) is 28.1. The number of amides is 1.